The number of nitrogens with zero attached hydrogens (tertiary/aromatic N) is 1. The van der Waals surface area contributed by atoms with Crippen LogP contribution >= 0.6 is 0 Å². The molecule has 0 saturated heterocycles. The normalized spacial score (nSPS) is 17.5. The van der Waals surface area contributed by atoms with Crippen LogP contribution < -0.4 is 0 Å². The molecule has 0 aliphatic carbocycles. The number of rotatable bonds is 4. The van der Waals surface area contributed by atoms with Gasteiger partial charge in [-0.25, -0.2) is 8.42 Å². The third-order valence-electron chi connectivity index (χ3n) is 2.98. The Bertz CT molecular complexity index is 522. The lowest BCUT2D eigenvalue weighted by atomic mass is 10.1. The summed E-state index contributed by atoms with van der Waals surface area (Å²) in [6.45, 7) is 1.53. The summed E-state index contributed by atoms with van der Waals surface area (Å²) in [7, 11) is -1.71. The van der Waals surface area contributed by atoms with E-state index in [4.69, 9.17) is 4.74 Å². The minimum atomic E-state index is -3.35. The van der Waals surface area contributed by atoms with Gasteiger partial charge in [0.2, 0.25) is 10.0 Å². The Morgan fingerprint density at radius 1 is 1.28 bits per heavy atom. The molecule has 0 spiro atoms. The molecule has 0 fully saturated rings. The van der Waals surface area contributed by atoms with Crippen LogP contribution in [0.2, 0.25) is 0 Å². The molecule has 18 heavy (non-hydrogen) atoms. The highest BCUT2D eigenvalue weighted by Gasteiger charge is 2.25. The molecule has 1 aromatic rings. The predicted molar refractivity (Wildman–Crippen MR) is 69.8 cm³/mol. The van der Waals surface area contributed by atoms with Crippen LogP contribution in [0.25, 0.3) is 0 Å². The van der Waals surface area contributed by atoms with E-state index in [2.05, 4.69) is 0 Å². The lowest BCUT2D eigenvalue weighted by molar-refractivity contribution is 0.219. The van der Waals surface area contributed by atoms with E-state index in [-0.39, 0.29) is 0 Å². The molecule has 2 rings (SSSR count). The molecule has 0 N–H and O–H groups in total. The van der Waals surface area contributed by atoms with Gasteiger partial charge in [0.25, 0.3) is 0 Å². The quantitative estimate of drug-likeness (QED) is 0.779. The maximum atomic E-state index is 12.3. The average molecular weight is 267 g/mol. The van der Waals surface area contributed by atoms with Crippen molar-refractivity contribution in [1.82, 2.24) is 4.31 Å². The predicted octanol–water partition coefficient (Wildman–Crippen LogP) is 1.65. The van der Waals surface area contributed by atoms with Gasteiger partial charge in [0.1, 0.15) is 0 Å². The molecule has 1 heterocycles. The molecule has 5 heteroatoms. The van der Waals surface area contributed by atoms with Crippen molar-refractivity contribution in [2.75, 3.05) is 26.8 Å². The van der Waals surface area contributed by atoms with Crippen LogP contribution in [0.4, 0.5) is 0 Å². The van der Waals surface area contributed by atoms with E-state index in [0.29, 0.717) is 24.6 Å². The van der Waals surface area contributed by atoms with Crippen molar-refractivity contribution in [3.05, 3.63) is 42.0 Å². The molecule has 0 amide bonds. The van der Waals surface area contributed by atoms with Gasteiger partial charge in [-0.2, -0.15) is 4.31 Å². The van der Waals surface area contributed by atoms with Gasteiger partial charge in [0.15, 0.2) is 0 Å². The molecule has 0 radical (unpaired) electrons. The fourth-order valence-electron chi connectivity index (χ4n) is 1.97. The van der Waals surface area contributed by atoms with Gasteiger partial charge in [0, 0.05) is 20.2 Å². The summed E-state index contributed by atoms with van der Waals surface area (Å²) in [5.74, 6) is 0. The minimum Gasteiger partial charge on any atom is -0.380 e. The zero-order chi connectivity index (χ0) is 13.0. The molecule has 1 aromatic carbocycles. The summed E-state index contributed by atoms with van der Waals surface area (Å²) in [4.78, 5) is 0.355. The Morgan fingerprint density at radius 3 is 2.56 bits per heavy atom. The second kappa shape index (κ2) is 5.65. The van der Waals surface area contributed by atoms with Crippen molar-refractivity contribution in [3.63, 3.8) is 0 Å². The van der Waals surface area contributed by atoms with Crippen molar-refractivity contribution in [3.8, 4) is 0 Å². The first-order valence-corrected chi connectivity index (χ1v) is 7.30. The van der Waals surface area contributed by atoms with E-state index in [1.165, 1.54) is 4.31 Å². The van der Waals surface area contributed by atoms with Crippen LogP contribution in [-0.4, -0.2) is 39.5 Å². The second-order valence-electron chi connectivity index (χ2n) is 4.22. The smallest absolute Gasteiger partial charge is 0.243 e. The molecule has 1 aliphatic rings. The van der Waals surface area contributed by atoms with Crippen molar-refractivity contribution in [2.45, 2.75) is 11.3 Å². The Balaban J connectivity index is 2.15. The number of hydrogen-bond donors (Lipinski definition) is 0. The van der Waals surface area contributed by atoms with Gasteiger partial charge in [-0.15, -0.1) is 0 Å². The van der Waals surface area contributed by atoms with Crippen molar-refractivity contribution >= 4 is 10.0 Å². The van der Waals surface area contributed by atoms with Gasteiger partial charge >= 0.3 is 0 Å². The highest BCUT2D eigenvalue weighted by molar-refractivity contribution is 7.89. The van der Waals surface area contributed by atoms with E-state index < -0.39 is 10.0 Å². The van der Waals surface area contributed by atoms with Crippen LogP contribution in [0, 0.1) is 0 Å². The van der Waals surface area contributed by atoms with E-state index in [1.54, 1.807) is 31.4 Å². The number of sulfonamides is 1. The van der Waals surface area contributed by atoms with Gasteiger partial charge in [-0.1, -0.05) is 24.3 Å². The molecule has 0 bridgehead atoms. The van der Waals surface area contributed by atoms with Gasteiger partial charge in [-0.3, -0.25) is 0 Å². The van der Waals surface area contributed by atoms with E-state index in [1.807, 2.05) is 12.1 Å². The first-order valence-electron chi connectivity index (χ1n) is 5.86. The summed E-state index contributed by atoms with van der Waals surface area (Å²) >= 11 is 0. The van der Waals surface area contributed by atoms with E-state index in [9.17, 15) is 8.42 Å². The monoisotopic (exact) mass is 267 g/mol. The first-order chi connectivity index (χ1) is 8.64. The highest BCUT2D eigenvalue weighted by Crippen LogP contribution is 2.20. The minimum absolute atomic E-state index is 0.355. The maximum Gasteiger partial charge on any atom is 0.243 e. The fourth-order valence-corrected chi connectivity index (χ4v) is 3.37. The maximum absolute atomic E-state index is 12.3. The molecule has 0 saturated carbocycles. The zero-order valence-electron chi connectivity index (χ0n) is 10.4. The zero-order valence-corrected chi connectivity index (χ0v) is 11.2. The van der Waals surface area contributed by atoms with Crippen molar-refractivity contribution in [2.24, 2.45) is 0 Å². The average Bonchev–Trinajstić information content (AvgIpc) is 2.41. The first kappa shape index (κ1) is 13.3. The molecule has 0 atom stereocenters. The Labute approximate surface area is 108 Å². The van der Waals surface area contributed by atoms with Crippen LogP contribution in [0.1, 0.15) is 6.42 Å². The third kappa shape index (κ3) is 2.80. The molecular weight excluding hydrogens is 250 g/mol. The summed E-state index contributed by atoms with van der Waals surface area (Å²) in [5.41, 5.74) is 1.16. The third-order valence-corrected chi connectivity index (χ3v) is 4.86. The number of ether oxygens (including phenoxy) is 1. The lowest BCUT2D eigenvalue weighted by Crippen LogP contribution is -2.35. The van der Waals surface area contributed by atoms with Crippen LogP contribution in [0.15, 0.2) is 46.9 Å². The molecule has 1 aliphatic heterocycles. The van der Waals surface area contributed by atoms with Gasteiger partial charge in [-0.05, 0) is 24.1 Å². The summed E-state index contributed by atoms with van der Waals surface area (Å²) < 4.78 is 31.2. The van der Waals surface area contributed by atoms with Crippen LogP contribution in [0.3, 0.4) is 0 Å². The summed E-state index contributed by atoms with van der Waals surface area (Å²) in [5, 5.41) is 0. The number of methoxy groups -OCH3 is 1. The Kier molecular flexibility index (Phi) is 4.16. The van der Waals surface area contributed by atoms with Crippen molar-refractivity contribution in [1.29, 1.82) is 0 Å². The Hall–Kier alpha value is -1.17. The molecule has 0 aromatic heterocycles. The molecule has 0 unspecified atom stereocenters. The Morgan fingerprint density at radius 2 is 2.00 bits per heavy atom. The number of benzene rings is 1. The standard InChI is InChI=1S/C13H17NO3S/c1-17-11-12-7-9-14(10-8-12)18(15,16)13-5-3-2-4-6-13/h2-7H,8-11H2,1H3. The molecule has 4 nitrogen and oxygen atoms in total. The number of hydrogen-bond acceptors (Lipinski definition) is 3. The van der Waals surface area contributed by atoms with Crippen LogP contribution in [-0.2, 0) is 14.8 Å². The van der Waals surface area contributed by atoms with E-state index >= 15 is 0 Å². The molecule has 98 valence electrons. The SMILES string of the molecule is COCC1=CCN(S(=O)(=O)c2ccccc2)CC1. The van der Waals surface area contributed by atoms with Crippen molar-refractivity contribution < 1.29 is 13.2 Å². The largest absolute Gasteiger partial charge is 0.380 e. The second-order valence-corrected chi connectivity index (χ2v) is 6.16. The summed E-state index contributed by atoms with van der Waals surface area (Å²) in [6.07, 6.45) is 2.67. The fraction of sp³-hybridized carbons (Fsp3) is 0.385. The molecular formula is C13H17NO3S. The topological polar surface area (TPSA) is 46.6 Å². The lowest BCUT2D eigenvalue weighted by Gasteiger charge is -2.25. The summed E-state index contributed by atoms with van der Waals surface area (Å²) in [6, 6.07) is 8.55. The van der Waals surface area contributed by atoms with E-state index in [0.717, 1.165) is 12.0 Å². The van der Waals surface area contributed by atoms with Gasteiger partial charge < -0.3 is 4.74 Å². The van der Waals surface area contributed by atoms with Crippen LogP contribution in [0.5, 0.6) is 0 Å². The highest BCUT2D eigenvalue weighted by atomic mass is 32.2. The van der Waals surface area contributed by atoms with Gasteiger partial charge in [0.05, 0.1) is 11.5 Å².